The normalized spacial score (nSPS) is 11.8. The second-order valence-corrected chi connectivity index (χ2v) is 6.92. The van der Waals surface area contributed by atoms with Gasteiger partial charge in [-0.2, -0.15) is 0 Å². The van der Waals surface area contributed by atoms with Gasteiger partial charge in [-0.3, -0.25) is 0 Å². The van der Waals surface area contributed by atoms with Crippen molar-refractivity contribution in [3.8, 4) is 11.5 Å². The Morgan fingerprint density at radius 1 is 0.769 bits per heavy atom. The van der Waals surface area contributed by atoms with Gasteiger partial charge in [-0.1, -0.05) is 71.7 Å². The molecule has 1 unspecified atom stereocenters. The molecule has 3 aromatic carbocycles. The first-order valence-corrected chi connectivity index (χ1v) is 9.24. The Kier molecular flexibility index (Phi) is 6.43. The van der Waals surface area contributed by atoms with E-state index in [1.54, 1.807) is 6.07 Å². The van der Waals surface area contributed by atoms with Crippen molar-refractivity contribution in [3.05, 3.63) is 94.0 Å². The predicted molar refractivity (Wildman–Crippen MR) is 107 cm³/mol. The van der Waals surface area contributed by atoms with Gasteiger partial charge in [0.1, 0.15) is 12.7 Å². The van der Waals surface area contributed by atoms with Gasteiger partial charge >= 0.3 is 0 Å². The van der Waals surface area contributed by atoms with Gasteiger partial charge in [0.25, 0.3) is 0 Å². The first-order chi connectivity index (χ1) is 12.6. The van der Waals surface area contributed by atoms with Crippen molar-refractivity contribution in [1.29, 1.82) is 0 Å². The highest BCUT2D eigenvalue weighted by molar-refractivity contribution is 6.42. The van der Waals surface area contributed by atoms with Gasteiger partial charge in [0.05, 0.1) is 10.0 Å². The summed E-state index contributed by atoms with van der Waals surface area (Å²) in [5, 5.41) is 1.06. The van der Waals surface area contributed by atoms with Crippen molar-refractivity contribution in [2.45, 2.75) is 26.1 Å². The largest absolute Gasteiger partial charge is 0.486 e. The molecular formula is C22H20Cl2O2. The Morgan fingerprint density at radius 3 is 2.19 bits per heavy atom. The monoisotopic (exact) mass is 386 g/mol. The van der Waals surface area contributed by atoms with Crippen LogP contribution in [0.2, 0.25) is 10.0 Å². The summed E-state index contributed by atoms with van der Waals surface area (Å²) in [6.07, 6.45) is 0.870. The van der Waals surface area contributed by atoms with Crippen molar-refractivity contribution in [3.63, 3.8) is 0 Å². The fraction of sp³-hybridized carbons (Fsp3) is 0.182. The Hall–Kier alpha value is -2.16. The van der Waals surface area contributed by atoms with E-state index in [-0.39, 0.29) is 6.10 Å². The topological polar surface area (TPSA) is 18.5 Å². The number of halogens is 2. The Morgan fingerprint density at radius 2 is 1.46 bits per heavy atom. The summed E-state index contributed by atoms with van der Waals surface area (Å²) in [4.78, 5) is 0. The van der Waals surface area contributed by atoms with E-state index in [1.165, 1.54) is 5.56 Å². The zero-order valence-corrected chi connectivity index (χ0v) is 16.0. The van der Waals surface area contributed by atoms with Crippen LogP contribution >= 0.6 is 23.2 Å². The van der Waals surface area contributed by atoms with Gasteiger partial charge in [0.2, 0.25) is 0 Å². The molecule has 0 N–H and O–H groups in total. The van der Waals surface area contributed by atoms with Crippen LogP contribution in [-0.4, -0.2) is 6.10 Å². The van der Waals surface area contributed by atoms with Crippen LogP contribution in [0.1, 0.15) is 18.1 Å². The van der Waals surface area contributed by atoms with E-state index in [1.807, 2.05) is 54.6 Å². The molecule has 1 atom stereocenters. The Balaban J connectivity index is 1.64. The molecule has 134 valence electrons. The minimum atomic E-state index is 0.0344. The van der Waals surface area contributed by atoms with Crippen LogP contribution in [0.4, 0.5) is 0 Å². The van der Waals surface area contributed by atoms with E-state index in [0.717, 1.165) is 17.7 Å². The summed E-state index contributed by atoms with van der Waals surface area (Å²) in [6, 6.07) is 23.5. The second-order valence-electron chi connectivity index (χ2n) is 6.10. The summed E-state index contributed by atoms with van der Waals surface area (Å²) in [5.41, 5.74) is 2.20. The van der Waals surface area contributed by atoms with Crippen molar-refractivity contribution in [1.82, 2.24) is 0 Å². The van der Waals surface area contributed by atoms with Crippen LogP contribution in [0.25, 0.3) is 0 Å². The Labute approximate surface area is 164 Å². The minimum absolute atomic E-state index is 0.0344. The van der Waals surface area contributed by atoms with Crippen LogP contribution in [0, 0.1) is 0 Å². The second kappa shape index (κ2) is 8.98. The molecule has 0 aliphatic carbocycles. The molecule has 26 heavy (non-hydrogen) atoms. The summed E-state index contributed by atoms with van der Waals surface area (Å²) >= 11 is 12.0. The van der Waals surface area contributed by atoms with Crippen molar-refractivity contribution < 1.29 is 9.47 Å². The van der Waals surface area contributed by atoms with E-state index in [4.69, 9.17) is 32.7 Å². The van der Waals surface area contributed by atoms with Gasteiger partial charge < -0.3 is 9.47 Å². The quantitative estimate of drug-likeness (QED) is 0.456. The lowest BCUT2D eigenvalue weighted by atomic mass is 10.1. The van der Waals surface area contributed by atoms with Crippen molar-refractivity contribution in [2.24, 2.45) is 0 Å². The summed E-state index contributed by atoms with van der Waals surface area (Å²) in [7, 11) is 0. The number of rotatable bonds is 7. The standard InChI is InChI=1S/C22H20Cl2O2/c1-16(13-17-7-3-2-4-8-17)26-22-10-6-5-9-21(22)25-15-18-11-12-19(23)20(24)14-18/h2-12,14,16H,13,15H2,1H3. The molecule has 2 nitrogen and oxygen atoms in total. The van der Waals surface area contributed by atoms with Crippen LogP contribution in [-0.2, 0) is 13.0 Å². The third kappa shape index (κ3) is 5.17. The SMILES string of the molecule is CC(Cc1ccccc1)Oc1ccccc1OCc1ccc(Cl)c(Cl)c1. The molecule has 0 fully saturated rings. The highest BCUT2D eigenvalue weighted by Crippen LogP contribution is 2.29. The number of hydrogen-bond acceptors (Lipinski definition) is 2. The third-order valence-electron chi connectivity index (χ3n) is 3.92. The van der Waals surface area contributed by atoms with Crippen LogP contribution in [0.15, 0.2) is 72.8 Å². The van der Waals surface area contributed by atoms with Crippen molar-refractivity contribution in [2.75, 3.05) is 0 Å². The lowest BCUT2D eigenvalue weighted by molar-refractivity contribution is 0.203. The van der Waals surface area contributed by atoms with Gasteiger partial charge in [0, 0.05) is 6.42 Å². The number of benzene rings is 3. The summed E-state index contributed by atoms with van der Waals surface area (Å²) in [6.45, 7) is 2.45. The first-order valence-electron chi connectivity index (χ1n) is 8.48. The van der Waals surface area contributed by atoms with Crippen LogP contribution < -0.4 is 9.47 Å². The van der Waals surface area contributed by atoms with E-state index in [9.17, 15) is 0 Å². The number of hydrogen-bond donors (Lipinski definition) is 0. The molecule has 4 heteroatoms. The molecule has 0 aliphatic rings. The number of para-hydroxylation sites is 2. The molecule has 0 amide bonds. The van der Waals surface area contributed by atoms with Gasteiger partial charge in [-0.25, -0.2) is 0 Å². The Bertz CT molecular complexity index is 850. The average molecular weight is 387 g/mol. The molecule has 0 spiro atoms. The fourth-order valence-corrected chi connectivity index (χ4v) is 2.98. The molecule has 0 heterocycles. The number of ether oxygens (including phenoxy) is 2. The molecule has 0 radical (unpaired) electrons. The summed E-state index contributed by atoms with van der Waals surface area (Å²) < 4.78 is 12.1. The van der Waals surface area contributed by atoms with E-state index in [2.05, 4.69) is 19.1 Å². The van der Waals surface area contributed by atoms with Crippen LogP contribution in [0.5, 0.6) is 11.5 Å². The molecule has 0 bridgehead atoms. The van der Waals surface area contributed by atoms with E-state index >= 15 is 0 Å². The lowest BCUT2D eigenvalue weighted by Gasteiger charge is -2.18. The van der Waals surface area contributed by atoms with Gasteiger partial charge in [0.15, 0.2) is 11.5 Å². The minimum Gasteiger partial charge on any atom is -0.486 e. The molecule has 0 aromatic heterocycles. The average Bonchev–Trinajstić information content (AvgIpc) is 2.64. The highest BCUT2D eigenvalue weighted by atomic mass is 35.5. The predicted octanol–water partition coefficient (Wildman–Crippen LogP) is 6.58. The van der Waals surface area contributed by atoms with E-state index in [0.29, 0.717) is 22.4 Å². The van der Waals surface area contributed by atoms with Gasteiger partial charge in [-0.15, -0.1) is 0 Å². The maximum absolute atomic E-state index is 6.11. The highest BCUT2D eigenvalue weighted by Gasteiger charge is 2.10. The van der Waals surface area contributed by atoms with Gasteiger partial charge in [-0.05, 0) is 42.3 Å². The molecule has 3 aromatic rings. The fourth-order valence-electron chi connectivity index (χ4n) is 2.66. The molecule has 3 rings (SSSR count). The zero-order chi connectivity index (χ0) is 18.4. The maximum atomic E-state index is 6.11. The maximum Gasteiger partial charge on any atom is 0.161 e. The molecule has 0 aliphatic heterocycles. The lowest BCUT2D eigenvalue weighted by Crippen LogP contribution is -2.15. The summed E-state index contributed by atoms with van der Waals surface area (Å²) in [5.74, 6) is 1.44. The third-order valence-corrected chi connectivity index (χ3v) is 4.66. The van der Waals surface area contributed by atoms with E-state index < -0.39 is 0 Å². The van der Waals surface area contributed by atoms with Crippen molar-refractivity contribution >= 4 is 23.2 Å². The van der Waals surface area contributed by atoms with Crippen LogP contribution in [0.3, 0.4) is 0 Å². The molecular weight excluding hydrogens is 367 g/mol. The smallest absolute Gasteiger partial charge is 0.161 e. The zero-order valence-electron chi connectivity index (χ0n) is 14.5. The molecule has 0 saturated carbocycles. The molecule has 0 saturated heterocycles. The first kappa shape index (κ1) is 18.6.